The fourth-order valence-electron chi connectivity index (χ4n) is 4.66. The van der Waals surface area contributed by atoms with E-state index in [1.807, 2.05) is 13.0 Å². The van der Waals surface area contributed by atoms with Gasteiger partial charge in [0.05, 0.1) is 22.2 Å². The van der Waals surface area contributed by atoms with Gasteiger partial charge in [-0.1, -0.05) is 18.2 Å². The fourth-order valence-corrected chi connectivity index (χ4v) is 4.66. The summed E-state index contributed by atoms with van der Waals surface area (Å²) in [4.78, 5) is 21.3. The van der Waals surface area contributed by atoms with E-state index in [1.165, 1.54) is 0 Å². The smallest absolute Gasteiger partial charge is 0.408 e. The van der Waals surface area contributed by atoms with E-state index in [1.54, 1.807) is 12.1 Å². The van der Waals surface area contributed by atoms with Crippen LogP contribution in [0.25, 0.3) is 44.5 Å². The molecule has 6 rings (SSSR count). The van der Waals surface area contributed by atoms with Crippen LogP contribution < -0.4 is 16.0 Å². The molecule has 3 N–H and O–H groups in total. The Kier molecular flexibility index (Phi) is 5.76. The van der Waals surface area contributed by atoms with Crippen molar-refractivity contribution in [2.24, 2.45) is 0 Å². The van der Waals surface area contributed by atoms with Crippen molar-refractivity contribution in [3.63, 3.8) is 0 Å². The summed E-state index contributed by atoms with van der Waals surface area (Å²) in [5.41, 5.74) is 6.86. The average molecular weight is 488 g/mol. The Hall–Kier alpha value is -4.13. The Bertz CT molecular complexity index is 1640. The molecule has 0 spiro atoms. The molecule has 10 heteroatoms. The second kappa shape index (κ2) is 8.91. The van der Waals surface area contributed by atoms with Crippen LogP contribution in [0, 0.1) is 18.3 Å². The molecular formula is C25H22ClN7O2. The van der Waals surface area contributed by atoms with Gasteiger partial charge in [-0.3, -0.25) is 10.1 Å². The Morgan fingerprint density at radius 1 is 1.09 bits per heavy atom. The summed E-state index contributed by atoms with van der Waals surface area (Å²) in [7, 11) is 0. The molecule has 5 aromatic rings. The topological polar surface area (TPSA) is 127 Å². The van der Waals surface area contributed by atoms with E-state index in [-0.39, 0.29) is 12.4 Å². The molecule has 1 fully saturated rings. The van der Waals surface area contributed by atoms with Crippen LogP contribution in [0.4, 0.5) is 5.69 Å². The average Bonchev–Trinajstić information content (AvgIpc) is 3.44. The highest BCUT2D eigenvalue weighted by atomic mass is 35.5. The van der Waals surface area contributed by atoms with Gasteiger partial charge >= 0.3 is 5.76 Å². The number of anilines is 1. The van der Waals surface area contributed by atoms with Crippen molar-refractivity contribution < 1.29 is 4.42 Å². The zero-order valence-electron chi connectivity index (χ0n) is 18.9. The minimum atomic E-state index is -0.524. The number of hydrogen-bond donors (Lipinski definition) is 3. The Balaban J connectivity index is 0.00000253. The predicted molar refractivity (Wildman–Crippen MR) is 137 cm³/mol. The van der Waals surface area contributed by atoms with E-state index < -0.39 is 5.76 Å². The molecule has 9 nitrogen and oxygen atoms in total. The van der Waals surface area contributed by atoms with Crippen molar-refractivity contribution in [1.29, 1.82) is 5.26 Å². The summed E-state index contributed by atoms with van der Waals surface area (Å²) < 4.78 is 5.23. The summed E-state index contributed by atoms with van der Waals surface area (Å²) in [6.45, 7) is 5.79. The molecule has 35 heavy (non-hydrogen) atoms. The Morgan fingerprint density at radius 2 is 1.83 bits per heavy atom. The third kappa shape index (κ3) is 3.83. The molecule has 0 atom stereocenters. The van der Waals surface area contributed by atoms with Gasteiger partial charge in [-0.05, 0) is 36.8 Å². The van der Waals surface area contributed by atoms with Gasteiger partial charge in [0.25, 0.3) is 0 Å². The van der Waals surface area contributed by atoms with Crippen LogP contribution >= 0.6 is 12.4 Å². The molecule has 1 aliphatic heterocycles. The van der Waals surface area contributed by atoms with Gasteiger partial charge in [0.15, 0.2) is 11.2 Å². The van der Waals surface area contributed by atoms with Crippen molar-refractivity contribution in [1.82, 2.24) is 25.5 Å². The molecule has 2 aromatic carbocycles. The minimum absolute atomic E-state index is 0. The quantitative estimate of drug-likeness (QED) is 0.354. The predicted octanol–water partition coefficient (Wildman–Crippen LogP) is 3.74. The van der Waals surface area contributed by atoms with Crippen molar-refractivity contribution in [2.45, 2.75) is 6.92 Å². The maximum atomic E-state index is 11.6. The van der Waals surface area contributed by atoms with Crippen LogP contribution in [-0.4, -0.2) is 46.3 Å². The minimum Gasteiger partial charge on any atom is -0.408 e. The van der Waals surface area contributed by atoms with Gasteiger partial charge in [-0.25, -0.2) is 9.78 Å². The van der Waals surface area contributed by atoms with Crippen molar-refractivity contribution >= 4 is 40.2 Å². The number of fused-ring (bicyclic) bond motifs is 2. The fraction of sp³-hybridized carbons (Fsp3) is 0.200. The number of H-pyrrole nitrogens is 2. The van der Waals surface area contributed by atoms with Crippen LogP contribution in [0.5, 0.6) is 0 Å². The first-order valence-electron chi connectivity index (χ1n) is 11.1. The van der Waals surface area contributed by atoms with Crippen LogP contribution in [0.3, 0.4) is 0 Å². The van der Waals surface area contributed by atoms with Gasteiger partial charge in [-0.15, -0.1) is 12.4 Å². The van der Waals surface area contributed by atoms with Gasteiger partial charge in [0.2, 0.25) is 0 Å². The molecule has 176 valence electrons. The van der Waals surface area contributed by atoms with Crippen LogP contribution in [-0.2, 0) is 0 Å². The van der Waals surface area contributed by atoms with E-state index in [0.29, 0.717) is 33.6 Å². The summed E-state index contributed by atoms with van der Waals surface area (Å²) >= 11 is 0. The molecular weight excluding hydrogens is 466 g/mol. The Labute approximate surface area is 206 Å². The largest absolute Gasteiger partial charge is 0.417 e. The van der Waals surface area contributed by atoms with E-state index in [4.69, 9.17) is 9.40 Å². The first kappa shape index (κ1) is 22.7. The molecule has 0 bridgehead atoms. The first-order chi connectivity index (χ1) is 16.6. The monoisotopic (exact) mass is 487 g/mol. The summed E-state index contributed by atoms with van der Waals surface area (Å²) in [6, 6.07) is 16.0. The van der Waals surface area contributed by atoms with Gasteiger partial charge in [0.1, 0.15) is 6.07 Å². The standard InChI is InChI=1S/C25H21N7O2.ClH/c1-14-21-22(15-2-5-17(6-3-15)32-10-8-27-9-11-32)18(13-26)23(29-24(21)31-30-14)16-4-7-19-20(12-16)34-25(33)28-19;/h2-7,12,27H,8-11H2,1H3,(H,28,33)(H,29,30,31);1H. The van der Waals surface area contributed by atoms with Crippen molar-refractivity contribution in [3.05, 3.63) is 64.3 Å². The summed E-state index contributed by atoms with van der Waals surface area (Å²) in [5.74, 6) is -0.524. The molecule has 0 radical (unpaired) electrons. The molecule has 4 heterocycles. The van der Waals surface area contributed by atoms with E-state index in [9.17, 15) is 10.1 Å². The number of piperazine rings is 1. The van der Waals surface area contributed by atoms with Crippen LogP contribution in [0.15, 0.2) is 51.7 Å². The maximum absolute atomic E-state index is 11.6. The van der Waals surface area contributed by atoms with Gasteiger partial charge < -0.3 is 14.6 Å². The van der Waals surface area contributed by atoms with E-state index in [2.05, 4.69) is 55.7 Å². The number of rotatable bonds is 3. The molecule has 0 amide bonds. The normalized spacial score (nSPS) is 13.7. The van der Waals surface area contributed by atoms with Crippen LogP contribution in [0.2, 0.25) is 0 Å². The highest BCUT2D eigenvalue weighted by Gasteiger charge is 2.22. The SMILES string of the molecule is Cc1[nH]nc2nc(-c3ccc4[nH]c(=O)oc4c3)c(C#N)c(-c3ccc(N4CCNCC4)cc3)c12.Cl. The van der Waals surface area contributed by atoms with E-state index >= 15 is 0 Å². The molecule has 3 aromatic heterocycles. The number of aromatic amines is 2. The van der Waals surface area contributed by atoms with Crippen molar-refractivity contribution in [2.75, 3.05) is 31.1 Å². The number of oxazole rings is 1. The molecule has 1 saturated heterocycles. The number of halogens is 1. The number of nitrogens with one attached hydrogen (secondary N) is 3. The first-order valence-corrected chi connectivity index (χ1v) is 11.1. The number of aromatic nitrogens is 4. The number of benzene rings is 2. The Morgan fingerprint density at radius 3 is 2.57 bits per heavy atom. The molecule has 0 aliphatic carbocycles. The number of nitrogens with zero attached hydrogens (tertiary/aromatic N) is 4. The third-order valence-corrected chi connectivity index (χ3v) is 6.33. The molecule has 1 aliphatic rings. The van der Waals surface area contributed by atoms with Crippen molar-refractivity contribution in [3.8, 4) is 28.5 Å². The molecule has 0 saturated carbocycles. The summed E-state index contributed by atoms with van der Waals surface area (Å²) in [5, 5.41) is 21.9. The van der Waals surface area contributed by atoms with Gasteiger partial charge in [-0.2, -0.15) is 10.4 Å². The lowest BCUT2D eigenvalue weighted by molar-refractivity contribution is 0.555. The lowest BCUT2D eigenvalue weighted by Crippen LogP contribution is -2.43. The van der Waals surface area contributed by atoms with Crippen LogP contribution in [0.1, 0.15) is 11.3 Å². The number of pyridine rings is 1. The lowest BCUT2D eigenvalue weighted by Gasteiger charge is -2.29. The molecule has 0 unspecified atom stereocenters. The zero-order valence-corrected chi connectivity index (χ0v) is 19.7. The third-order valence-electron chi connectivity index (χ3n) is 6.33. The lowest BCUT2D eigenvalue weighted by atomic mass is 9.93. The summed E-state index contributed by atoms with van der Waals surface area (Å²) in [6.07, 6.45) is 0. The highest BCUT2D eigenvalue weighted by molar-refractivity contribution is 6.01. The second-order valence-electron chi connectivity index (χ2n) is 8.38. The second-order valence-corrected chi connectivity index (χ2v) is 8.38. The number of hydrogen-bond acceptors (Lipinski definition) is 7. The zero-order chi connectivity index (χ0) is 23.2. The van der Waals surface area contributed by atoms with E-state index in [0.717, 1.165) is 54.1 Å². The van der Waals surface area contributed by atoms with Gasteiger partial charge in [0, 0.05) is 48.7 Å². The highest BCUT2D eigenvalue weighted by Crippen LogP contribution is 2.38. The maximum Gasteiger partial charge on any atom is 0.417 e. The number of aryl methyl sites for hydroxylation is 1. The number of nitriles is 1.